The lowest BCUT2D eigenvalue weighted by Crippen LogP contribution is -2.34. The quantitative estimate of drug-likeness (QED) is 0.687. The van der Waals surface area contributed by atoms with Crippen molar-refractivity contribution in [2.24, 2.45) is 0 Å². The van der Waals surface area contributed by atoms with E-state index in [1.54, 1.807) is 23.5 Å². The van der Waals surface area contributed by atoms with Crippen LogP contribution >= 0.6 is 11.3 Å². The SMILES string of the molecule is COc1ccc(C(=O)NC[C@H](c2cccs2)N(C)C)cc1S(=O)(=O)N1CCCC1. The number of methoxy groups -OCH3 is 1. The molecule has 1 saturated heterocycles. The minimum atomic E-state index is -3.70. The van der Waals surface area contributed by atoms with Crippen molar-refractivity contribution in [3.8, 4) is 5.75 Å². The first-order valence-electron chi connectivity index (χ1n) is 9.51. The minimum Gasteiger partial charge on any atom is -0.495 e. The number of amides is 1. The Balaban J connectivity index is 1.80. The number of hydrogen-bond acceptors (Lipinski definition) is 6. The Morgan fingerprint density at radius 1 is 1.28 bits per heavy atom. The van der Waals surface area contributed by atoms with Gasteiger partial charge in [-0.2, -0.15) is 4.31 Å². The number of nitrogens with zero attached hydrogens (tertiary/aromatic N) is 2. The fourth-order valence-corrected chi connectivity index (χ4v) is 6.02. The number of benzene rings is 1. The highest BCUT2D eigenvalue weighted by atomic mass is 32.2. The van der Waals surface area contributed by atoms with E-state index < -0.39 is 10.0 Å². The van der Waals surface area contributed by atoms with Crippen molar-refractivity contribution in [1.29, 1.82) is 0 Å². The Hall–Kier alpha value is -1.94. The highest BCUT2D eigenvalue weighted by Crippen LogP contribution is 2.30. The van der Waals surface area contributed by atoms with Gasteiger partial charge in [-0.25, -0.2) is 8.42 Å². The lowest BCUT2D eigenvalue weighted by molar-refractivity contribution is 0.0942. The molecule has 29 heavy (non-hydrogen) atoms. The molecule has 0 saturated carbocycles. The van der Waals surface area contributed by atoms with Gasteiger partial charge in [-0.15, -0.1) is 11.3 Å². The molecule has 1 aliphatic rings. The summed E-state index contributed by atoms with van der Waals surface area (Å²) in [7, 11) is 1.66. The highest BCUT2D eigenvalue weighted by molar-refractivity contribution is 7.89. The van der Waals surface area contributed by atoms with Gasteiger partial charge in [0.05, 0.1) is 13.2 Å². The van der Waals surface area contributed by atoms with Gasteiger partial charge in [0.1, 0.15) is 10.6 Å². The van der Waals surface area contributed by atoms with Crippen LogP contribution in [-0.2, 0) is 10.0 Å². The smallest absolute Gasteiger partial charge is 0.251 e. The van der Waals surface area contributed by atoms with Crippen molar-refractivity contribution in [3.63, 3.8) is 0 Å². The molecule has 3 rings (SSSR count). The van der Waals surface area contributed by atoms with Crippen LogP contribution in [-0.4, -0.2) is 64.4 Å². The molecule has 0 unspecified atom stereocenters. The van der Waals surface area contributed by atoms with Crippen LogP contribution in [0.25, 0.3) is 0 Å². The summed E-state index contributed by atoms with van der Waals surface area (Å²) >= 11 is 1.64. The van der Waals surface area contributed by atoms with E-state index in [9.17, 15) is 13.2 Å². The molecule has 2 aromatic rings. The summed E-state index contributed by atoms with van der Waals surface area (Å²) in [6.07, 6.45) is 1.69. The molecule has 0 spiro atoms. The van der Waals surface area contributed by atoms with Gasteiger partial charge in [-0.3, -0.25) is 4.79 Å². The molecule has 2 heterocycles. The number of nitrogens with one attached hydrogen (secondary N) is 1. The van der Waals surface area contributed by atoms with Gasteiger partial charge in [0.15, 0.2) is 0 Å². The summed E-state index contributed by atoms with van der Waals surface area (Å²) < 4.78 is 32.7. The third-order valence-corrected chi connectivity index (χ3v) is 7.95. The summed E-state index contributed by atoms with van der Waals surface area (Å²) in [6.45, 7) is 1.41. The lowest BCUT2D eigenvalue weighted by Gasteiger charge is -2.23. The average molecular weight is 438 g/mol. The van der Waals surface area contributed by atoms with Gasteiger partial charge in [0.25, 0.3) is 5.91 Å². The molecule has 1 aromatic heterocycles. The molecular weight excluding hydrogens is 410 g/mol. The number of carbonyl (C=O) groups excluding carboxylic acids is 1. The van der Waals surface area contributed by atoms with Gasteiger partial charge >= 0.3 is 0 Å². The Morgan fingerprint density at radius 2 is 2.00 bits per heavy atom. The molecule has 1 fully saturated rings. The Kier molecular flexibility index (Phi) is 6.94. The van der Waals surface area contributed by atoms with E-state index >= 15 is 0 Å². The lowest BCUT2D eigenvalue weighted by atomic mass is 10.2. The van der Waals surface area contributed by atoms with Gasteiger partial charge in [0, 0.05) is 30.1 Å². The zero-order valence-corrected chi connectivity index (χ0v) is 18.6. The van der Waals surface area contributed by atoms with Crippen molar-refractivity contribution < 1.29 is 17.9 Å². The molecule has 0 radical (unpaired) electrons. The fourth-order valence-electron chi connectivity index (χ4n) is 3.40. The van der Waals surface area contributed by atoms with Crippen molar-refractivity contribution in [2.75, 3.05) is 40.8 Å². The van der Waals surface area contributed by atoms with Crippen molar-refractivity contribution in [3.05, 3.63) is 46.2 Å². The van der Waals surface area contributed by atoms with E-state index in [2.05, 4.69) is 5.32 Å². The summed E-state index contributed by atoms with van der Waals surface area (Å²) in [5.41, 5.74) is 0.298. The molecule has 1 aliphatic heterocycles. The van der Waals surface area contributed by atoms with Crippen LogP contribution in [0.3, 0.4) is 0 Å². The first-order valence-corrected chi connectivity index (χ1v) is 11.8. The summed E-state index contributed by atoms with van der Waals surface area (Å²) in [4.78, 5) is 16.0. The van der Waals surface area contributed by atoms with Crippen molar-refractivity contribution in [2.45, 2.75) is 23.8 Å². The van der Waals surface area contributed by atoms with Crippen LogP contribution in [0.2, 0.25) is 0 Å². The van der Waals surface area contributed by atoms with Crippen LogP contribution in [0.5, 0.6) is 5.75 Å². The average Bonchev–Trinajstić information content (AvgIpc) is 3.41. The zero-order valence-electron chi connectivity index (χ0n) is 16.9. The maximum Gasteiger partial charge on any atom is 0.251 e. The number of thiophene rings is 1. The summed E-state index contributed by atoms with van der Waals surface area (Å²) in [5, 5.41) is 4.94. The molecule has 0 aliphatic carbocycles. The van der Waals surface area contributed by atoms with E-state index in [4.69, 9.17) is 4.74 Å². The topological polar surface area (TPSA) is 79.0 Å². The molecule has 9 heteroatoms. The highest BCUT2D eigenvalue weighted by Gasteiger charge is 2.30. The first-order chi connectivity index (χ1) is 13.8. The second kappa shape index (κ2) is 9.25. The Labute approximate surface area is 176 Å². The standard InChI is InChI=1S/C20H27N3O4S2/c1-22(2)16(18-7-6-12-28-18)14-21-20(24)15-8-9-17(27-3)19(13-15)29(25,26)23-10-4-5-11-23/h6-9,12-13,16H,4-5,10-11,14H2,1-3H3,(H,21,24)/t16-/m1/s1. The number of hydrogen-bond donors (Lipinski definition) is 1. The Bertz CT molecular complexity index is 937. The number of ether oxygens (including phenoxy) is 1. The van der Waals surface area contributed by atoms with Gasteiger partial charge in [0.2, 0.25) is 10.0 Å². The number of carbonyl (C=O) groups is 1. The largest absolute Gasteiger partial charge is 0.495 e. The van der Waals surface area contributed by atoms with Crippen LogP contribution in [0.1, 0.15) is 34.1 Å². The van der Waals surface area contributed by atoms with Crippen LogP contribution in [0.4, 0.5) is 0 Å². The van der Waals surface area contributed by atoms with Crippen LogP contribution in [0.15, 0.2) is 40.6 Å². The molecule has 7 nitrogen and oxygen atoms in total. The first kappa shape index (κ1) is 21.8. The predicted molar refractivity (Wildman–Crippen MR) is 114 cm³/mol. The Morgan fingerprint density at radius 3 is 2.59 bits per heavy atom. The number of rotatable bonds is 8. The van der Waals surface area contributed by atoms with Gasteiger partial charge < -0.3 is 15.0 Å². The van der Waals surface area contributed by atoms with Crippen molar-refractivity contribution >= 4 is 27.3 Å². The van der Waals surface area contributed by atoms with Crippen molar-refractivity contribution in [1.82, 2.24) is 14.5 Å². The maximum absolute atomic E-state index is 13.0. The predicted octanol–water partition coefficient (Wildman–Crippen LogP) is 2.57. The monoisotopic (exact) mass is 437 g/mol. The molecule has 1 N–H and O–H groups in total. The van der Waals surface area contributed by atoms with E-state index in [1.807, 2.05) is 36.5 Å². The van der Waals surface area contributed by atoms with Crippen LogP contribution in [0, 0.1) is 0 Å². The molecule has 158 valence electrons. The summed E-state index contributed by atoms with van der Waals surface area (Å²) in [6, 6.07) is 8.61. The third-order valence-electron chi connectivity index (χ3n) is 5.06. The van der Waals surface area contributed by atoms with Gasteiger partial charge in [-0.1, -0.05) is 6.07 Å². The zero-order chi connectivity index (χ0) is 21.0. The molecule has 1 amide bonds. The van der Waals surface area contributed by atoms with Crippen LogP contribution < -0.4 is 10.1 Å². The van der Waals surface area contributed by atoms with E-state index in [0.29, 0.717) is 25.2 Å². The molecule has 1 atom stereocenters. The molecule has 1 aromatic carbocycles. The van der Waals surface area contributed by atoms with E-state index in [1.165, 1.54) is 17.5 Å². The number of sulfonamides is 1. The second-order valence-electron chi connectivity index (χ2n) is 7.18. The van der Waals surface area contributed by atoms with E-state index in [-0.39, 0.29) is 22.6 Å². The second-order valence-corrected chi connectivity index (χ2v) is 10.1. The third kappa shape index (κ3) is 4.80. The summed E-state index contributed by atoms with van der Waals surface area (Å²) in [5.74, 6) is -0.0628. The fraction of sp³-hybridized carbons (Fsp3) is 0.450. The van der Waals surface area contributed by atoms with E-state index in [0.717, 1.165) is 17.7 Å². The van der Waals surface area contributed by atoms with Gasteiger partial charge in [-0.05, 0) is 56.6 Å². The minimum absolute atomic E-state index is 0.0389. The maximum atomic E-state index is 13.0. The molecular formula is C20H27N3O4S2. The normalized spacial score (nSPS) is 16.1. The molecule has 0 bridgehead atoms. The number of likely N-dealkylation sites (N-methyl/N-ethyl adjacent to an activating group) is 1.